The average molecular weight is 265 g/mol. The number of oxime groups is 1. The van der Waals surface area contributed by atoms with Gasteiger partial charge >= 0.3 is 0 Å². The van der Waals surface area contributed by atoms with Gasteiger partial charge in [-0.05, 0) is 17.9 Å². The van der Waals surface area contributed by atoms with E-state index in [0.29, 0.717) is 24.6 Å². The molecule has 19 heavy (non-hydrogen) atoms. The van der Waals surface area contributed by atoms with Crippen molar-refractivity contribution in [1.82, 2.24) is 5.32 Å². The van der Waals surface area contributed by atoms with Crippen molar-refractivity contribution in [2.45, 2.75) is 32.9 Å². The molecule has 0 spiro atoms. The van der Waals surface area contributed by atoms with E-state index in [2.05, 4.69) is 24.3 Å². The molecule has 1 aromatic carbocycles. The Labute approximate surface area is 114 Å². The van der Waals surface area contributed by atoms with Gasteiger partial charge in [0.05, 0.1) is 6.10 Å². The largest absolute Gasteiger partial charge is 0.409 e. The van der Waals surface area contributed by atoms with E-state index in [4.69, 9.17) is 10.9 Å². The van der Waals surface area contributed by atoms with Gasteiger partial charge in [-0.3, -0.25) is 0 Å². The zero-order valence-electron chi connectivity index (χ0n) is 11.5. The summed E-state index contributed by atoms with van der Waals surface area (Å²) in [4.78, 5) is 0. The van der Waals surface area contributed by atoms with Gasteiger partial charge in [0.15, 0.2) is 5.84 Å². The minimum atomic E-state index is -0.351. The normalized spacial score (nSPS) is 13.8. The van der Waals surface area contributed by atoms with Crippen molar-refractivity contribution in [3.05, 3.63) is 35.4 Å². The smallest absolute Gasteiger partial charge is 0.170 e. The van der Waals surface area contributed by atoms with Gasteiger partial charge in [-0.15, -0.1) is 0 Å². The molecule has 0 fully saturated rings. The van der Waals surface area contributed by atoms with E-state index in [9.17, 15) is 5.11 Å². The molecule has 1 atom stereocenters. The summed E-state index contributed by atoms with van der Waals surface area (Å²) in [5, 5.41) is 24.7. The number of aliphatic hydroxyl groups is 1. The average Bonchev–Trinajstić information content (AvgIpc) is 2.37. The number of benzene rings is 1. The topological polar surface area (TPSA) is 90.9 Å². The zero-order chi connectivity index (χ0) is 14.3. The first kappa shape index (κ1) is 15.5. The van der Waals surface area contributed by atoms with Crippen molar-refractivity contribution in [2.24, 2.45) is 16.8 Å². The lowest BCUT2D eigenvalue weighted by Crippen LogP contribution is -2.28. The van der Waals surface area contributed by atoms with Crippen LogP contribution in [0.3, 0.4) is 0 Å². The highest BCUT2D eigenvalue weighted by molar-refractivity contribution is 5.98. The molecule has 0 saturated heterocycles. The first-order chi connectivity index (χ1) is 9.04. The van der Waals surface area contributed by atoms with E-state index in [-0.39, 0.29) is 11.9 Å². The number of aliphatic hydroxyl groups excluding tert-OH is 1. The molecule has 5 nitrogen and oxygen atoms in total. The van der Waals surface area contributed by atoms with Crippen LogP contribution in [0.25, 0.3) is 0 Å². The molecule has 106 valence electrons. The Bertz CT molecular complexity index is 419. The Kier molecular flexibility index (Phi) is 6.32. The molecular weight excluding hydrogens is 242 g/mol. The van der Waals surface area contributed by atoms with Crippen LogP contribution in [0.5, 0.6) is 0 Å². The quantitative estimate of drug-likeness (QED) is 0.259. The Morgan fingerprint density at radius 3 is 2.68 bits per heavy atom. The molecule has 0 aliphatic carbocycles. The second-order valence-corrected chi connectivity index (χ2v) is 5.06. The molecule has 0 radical (unpaired) electrons. The zero-order valence-corrected chi connectivity index (χ0v) is 11.5. The fourth-order valence-electron chi connectivity index (χ4n) is 1.98. The van der Waals surface area contributed by atoms with Crippen LogP contribution in [-0.2, 0) is 6.54 Å². The van der Waals surface area contributed by atoms with Gasteiger partial charge in [0, 0.05) is 18.7 Å². The predicted octanol–water partition coefficient (Wildman–Crippen LogP) is 1.28. The van der Waals surface area contributed by atoms with E-state index in [0.717, 1.165) is 12.0 Å². The summed E-state index contributed by atoms with van der Waals surface area (Å²) in [6, 6.07) is 7.45. The number of rotatable bonds is 7. The van der Waals surface area contributed by atoms with E-state index in [1.54, 1.807) is 6.07 Å². The van der Waals surface area contributed by atoms with E-state index in [1.165, 1.54) is 0 Å². The van der Waals surface area contributed by atoms with E-state index >= 15 is 0 Å². The maximum Gasteiger partial charge on any atom is 0.170 e. The Morgan fingerprint density at radius 2 is 2.05 bits per heavy atom. The van der Waals surface area contributed by atoms with Crippen molar-refractivity contribution in [1.29, 1.82) is 0 Å². The maximum absolute atomic E-state index is 9.77. The van der Waals surface area contributed by atoms with Crippen LogP contribution >= 0.6 is 0 Å². The maximum atomic E-state index is 9.77. The number of nitrogens with two attached hydrogens (primary N) is 1. The highest BCUT2D eigenvalue weighted by Gasteiger charge is 2.08. The summed E-state index contributed by atoms with van der Waals surface area (Å²) in [6.07, 6.45) is 0.422. The summed E-state index contributed by atoms with van der Waals surface area (Å²) >= 11 is 0. The summed E-state index contributed by atoms with van der Waals surface area (Å²) in [7, 11) is 0. The molecule has 1 unspecified atom stereocenters. The third-order valence-corrected chi connectivity index (χ3v) is 2.84. The molecule has 0 aromatic heterocycles. The molecule has 1 rings (SSSR count). The van der Waals surface area contributed by atoms with Crippen LogP contribution in [-0.4, -0.2) is 28.8 Å². The second-order valence-electron chi connectivity index (χ2n) is 5.06. The van der Waals surface area contributed by atoms with E-state index in [1.807, 2.05) is 18.2 Å². The summed E-state index contributed by atoms with van der Waals surface area (Å²) < 4.78 is 0. The number of hydrogen-bond acceptors (Lipinski definition) is 4. The van der Waals surface area contributed by atoms with Crippen molar-refractivity contribution in [2.75, 3.05) is 6.54 Å². The summed E-state index contributed by atoms with van der Waals surface area (Å²) in [5.41, 5.74) is 7.26. The molecule has 0 heterocycles. The lowest BCUT2D eigenvalue weighted by Gasteiger charge is -2.15. The molecule has 5 N–H and O–H groups in total. The molecule has 0 amide bonds. The van der Waals surface area contributed by atoms with Crippen LogP contribution in [0.4, 0.5) is 0 Å². The standard InChI is InChI=1S/C14H23N3O2/c1-10(2)7-12(18)9-16-8-11-5-3-4-6-13(11)14(15)17-19/h3-6,10,12,16,18-19H,7-9H2,1-2H3,(H2,15,17). The third-order valence-electron chi connectivity index (χ3n) is 2.84. The number of nitrogens with zero attached hydrogens (tertiary/aromatic N) is 1. The minimum Gasteiger partial charge on any atom is -0.409 e. The monoisotopic (exact) mass is 265 g/mol. The SMILES string of the molecule is CC(C)CC(O)CNCc1ccccc1/C(N)=N/O. The molecule has 5 heteroatoms. The Balaban J connectivity index is 2.54. The van der Waals surface area contributed by atoms with Gasteiger partial charge in [-0.2, -0.15) is 0 Å². The molecular formula is C14H23N3O2. The lowest BCUT2D eigenvalue weighted by atomic mass is 10.1. The molecule has 0 aliphatic heterocycles. The summed E-state index contributed by atoms with van der Waals surface area (Å²) in [6.45, 7) is 5.26. The van der Waals surface area contributed by atoms with Crippen LogP contribution in [0.15, 0.2) is 29.4 Å². The van der Waals surface area contributed by atoms with Crippen molar-refractivity contribution >= 4 is 5.84 Å². The van der Waals surface area contributed by atoms with E-state index < -0.39 is 0 Å². The van der Waals surface area contributed by atoms with Gasteiger partial charge in [-0.25, -0.2) is 0 Å². The molecule has 0 bridgehead atoms. The first-order valence-electron chi connectivity index (χ1n) is 6.49. The second kappa shape index (κ2) is 7.76. The third kappa shape index (κ3) is 5.28. The van der Waals surface area contributed by atoms with Gasteiger partial charge in [-0.1, -0.05) is 43.3 Å². The van der Waals surface area contributed by atoms with Crippen LogP contribution in [0, 0.1) is 5.92 Å². The van der Waals surface area contributed by atoms with Crippen LogP contribution in [0.2, 0.25) is 0 Å². The van der Waals surface area contributed by atoms with Crippen LogP contribution in [0.1, 0.15) is 31.4 Å². The highest BCUT2D eigenvalue weighted by atomic mass is 16.4. The van der Waals surface area contributed by atoms with Gasteiger partial charge in [0.1, 0.15) is 0 Å². The number of amidine groups is 1. The van der Waals surface area contributed by atoms with Gasteiger partial charge in [0.2, 0.25) is 0 Å². The highest BCUT2D eigenvalue weighted by Crippen LogP contribution is 2.09. The van der Waals surface area contributed by atoms with Gasteiger partial charge < -0.3 is 21.4 Å². The fourth-order valence-corrected chi connectivity index (χ4v) is 1.98. The van der Waals surface area contributed by atoms with Crippen molar-refractivity contribution in [3.63, 3.8) is 0 Å². The molecule has 0 saturated carbocycles. The Morgan fingerprint density at radius 1 is 1.37 bits per heavy atom. The summed E-state index contributed by atoms with van der Waals surface area (Å²) in [5.74, 6) is 0.571. The first-order valence-corrected chi connectivity index (χ1v) is 6.49. The predicted molar refractivity (Wildman–Crippen MR) is 76.1 cm³/mol. The molecule has 0 aliphatic rings. The lowest BCUT2D eigenvalue weighted by molar-refractivity contribution is 0.146. The molecule has 1 aromatic rings. The number of nitrogens with one attached hydrogen (secondary N) is 1. The van der Waals surface area contributed by atoms with Crippen molar-refractivity contribution in [3.8, 4) is 0 Å². The minimum absolute atomic E-state index is 0.0973. The van der Waals surface area contributed by atoms with Crippen molar-refractivity contribution < 1.29 is 10.3 Å². The Hall–Kier alpha value is -1.59. The fraction of sp³-hybridized carbons (Fsp3) is 0.500. The van der Waals surface area contributed by atoms with Gasteiger partial charge in [0.25, 0.3) is 0 Å². The van der Waals surface area contributed by atoms with Crippen LogP contribution < -0.4 is 11.1 Å². The number of hydrogen-bond donors (Lipinski definition) is 4.